The molecule has 0 saturated carbocycles. The molecule has 1 heterocycles. The third kappa shape index (κ3) is 1.51. The lowest BCUT2D eigenvalue weighted by Crippen LogP contribution is -2.11. The van der Waals surface area contributed by atoms with Crippen LogP contribution in [0.15, 0.2) is 35.3 Å². The molecule has 1 atom stereocenters. The van der Waals surface area contributed by atoms with Gasteiger partial charge < -0.3 is 4.90 Å². The van der Waals surface area contributed by atoms with Crippen molar-refractivity contribution in [1.29, 1.82) is 0 Å². The van der Waals surface area contributed by atoms with E-state index >= 15 is 0 Å². The Balaban J connectivity index is 3.04. The van der Waals surface area contributed by atoms with Gasteiger partial charge in [0.2, 0.25) is 0 Å². The van der Waals surface area contributed by atoms with E-state index in [1.165, 1.54) is 0 Å². The van der Waals surface area contributed by atoms with E-state index in [0.29, 0.717) is 5.25 Å². The molecule has 0 aliphatic carbocycles. The van der Waals surface area contributed by atoms with E-state index < -0.39 is 0 Å². The minimum Gasteiger partial charge on any atom is -0.335 e. The summed E-state index contributed by atoms with van der Waals surface area (Å²) in [6.45, 7) is 9.64. The van der Waals surface area contributed by atoms with Gasteiger partial charge >= 0.3 is 0 Å². The molecule has 0 radical (unpaired) electrons. The number of thioether (sulfide) groups is 1. The van der Waals surface area contributed by atoms with E-state index in [2.05, 4.69) is 36.4 Å². The molecule has 64 valence electrons. The Hall–Kier alpha value is -0.810. The molecular formula is C10H13NS. The van der Waals surface area contributed by atoms with Gasteiger partial charge in [0.25, 0.3) is 0 Å². The van der Waals surface area contributed by atoms with Crippen molar-refractivity contribution >= 4 is 11.8 Å². The molecule has 0 spiro atoms. The van der Waals surface area contributed by atoms with Gasteiger partial charge in [-0.3, -0.25) is 0 Å². The molecule has 1 rings (SSSR count). The number of hydrogen-bond donors (Lipinski definition) is 0. The van der Waals surface area contributed by atoms with E-state index in [1.54, 1.807) is 11.8 Å². The maximum Gasteiger partial charge on any atom is 0.0829 e. The van der Waals surface area contributed by atoms with E-state index in [1.807, 2.05) is 7.05 Å². The smallest absolute Gasteiger partial charge is 0.0829 e. The fraction of sp³-hybridized carbons (Fsp3) is 0.400. The average Bonchev–Trinajstić information content (AvgIpc) is 2.33. The number of nitrogens with zero attached hydrogens (tertiary/aromatic N) is 1. The number of rotatable bonds is 1. The highest BCUT2D eigenvalue weighted by Gasteiger charge is 2.27. The standard InChI is InChI=1S/C10H13NS/c1-5-7-9-10(6-2)12-8(3)11(9)4/h10H,1,3,6H2,2,4H3. The van der Waals surface area contributed by atoms with Crippen LogP contribution < -0.4 is 0 Å². The molecule has 1 nitrogen and oxygen atoms in total. The van der Waals surface area contributed by atoms with E-state index in [0.717, 1.165) is 17.1 Å². The Morgan fingerprint density at radius 1 is 1.67 bits per heavy atom. The van der Waals surface area contributed by atoms with Crippen LogP contribution in [0.4, 0.5) is 0 Å². The molecule has 0 aromatic carbocycles. The van der Waals surface area contributed by atoms with E-state index in [-0.39, 0.29) is 0 Å². The van der Waals surface area contributed by atoms with Gasteiger partial charge in [0, 0.05) is 7.05 Å². The fourth-order valence-electron chi connectivity index (χ4n) is 1.18. The van der Waals surface area contributed by atoms with Crippen molar-refractivity contribution in [1.82, 2.24) is 4.90 Å². The maximum atomic E-state index is 3.95. The van der Waals surface area contributed by atoms with Gasteiger partial charge in [-0.2, -0.15) is 0 Å². The van der Waals surface area contributed by atoms with Gasteiger partial charge in [-0.1, -0.05) is 31.0 Å². The lowest BCUT2D eigenvalue weighted by molar-refractivity contribution is 0.553. The van der Waals surface area contributed by atoms with Gasteiger partial charge in [0.15, 0.2) is 0 Å². The summed E-state index contributed by atoms with van der Waals surface area (Å²) < 4.78 is 0. The van der Waals surface area contributed by atoms with Crippen LogP contribution in [0.5, 0.6) is 0 Å². The first-order valence-corrected chi connectivity index (χ1v) is 4.83. The second-order valence-electron chi connectivity index (χ2n) is 2.65. The minimum absolute atomic E-state index is 0.483. The molecule has 1 unspecified atom stereocenters. The Morgan fingerprint density at radius 3 is 2.83 bits per heavy atom. The predicted molar refractivity (Wildman–Crippen MR) is 54.7 cm³/mol. The highest BCUT2D eigenvalue weighted by atomic mass is 32.2. The molecule has 1 saturated heterocycles. The van der Waals surface area contributed by atoms with Crippen molar-refractivity contribution in [3.05, 3.63) is 35.3 Å². The molecular weight excluding hydrogens is 166 g/mol. The van der Waals surface area contributed by atoms with Crippen molar-refractivity contribution in [3.8, 4) is 0 Å². The molecule has 0 N–H and O–H groups in total. The zero-order valence-corrected chi connectivity index (χ0v) is 8.37. The summed E-state index contributed by atoms with van der Waals surface area (Å²) in [6, 6.07) is 0. The minimum atomic E-state index is 0.483. The highest BCUT2D eigenvalue weighted by molar-refractivity contribution is 8.04. The van der Waals surface area contributed by atoms with Crippen LogP contribution in [0, 0.1) is 0 Å². The van der Waals surface area contributed by atoms with Gasteiger partial charge in [-0.15, -0.1) is 0 Å². The quantitative estimate of drug-likeness (QED) is 0.569. The van der Waals surface area contributed by atoms with Crippen molar-refractivity contribution in [2.24, 2.45) is 0 Å². The summed E-state index contributed by atoms with van der Waals surface area (Å²) in [5, 5.41) is 1.57. The van der Waals surface area contributed by atoms with Gasteiger partial charge in [-0.05, 0) is 18.7 Å². The zero-order chi connectivity index (χ0) is 9.14. The first kappa shape index (κ1) is 9.28. The van der Waals surface area contributed by atoms with Crippen LogP contribution >= 0.6 is 11.8 Å². The topological polar surface area (TPSA) is 3.24 Å². The first-order chi connectivity index (χ1) is 5.70. The zero-order valence-electron chi connectivity index (χ0n) is 7.55. The third-order valence-electron chi connectivity index (χ3n) is 1.91. The molecule has 0 amide bonds. The lowest BCUT2D eigenvalue weighted by atomic mass is 10.2. The SMILES string of the molecule is C=C=C=C1C(CC)SC(=C)N1C. The molecule has 1 aliphatic heterocycles. The Bertz CT molecular complexity index is 280. The summed E-state index contributed by atoms with van der Waals surface area (Å²) in [7, 11) is 2.00. The Kier molecular flexibility index (Phi) is 2.88. The molecule has 0 aromatic heterocycles. The summed E-state index contributed by atoms with van der Waals surface area (Å²) in [4.78, 5) is 2.05. The summed E-state index contributed by atoms with van der Waals surface area (Å²) in [6.07, 6.45) is 1.10. The first-order valence-electron chi connectivity index (χ1n) is 3.95. The highest BCUT2D eigenvalue weighted by Crippen LogP contribution is 2.39. The van der Waals surface area contributed by atoms with Crippen LogP contribution in [0.1, 0.15) is 13.3 Å². The maximum absolute atomic E-state index is 3.95. The molecule has 0 bridgehead atoms. The van der Waals surface area contributed by atoms with E-state index in [9.17, 15) is 0 Å². The Labute approximate surface area is 78.1 Å². The van der Waals surface area contributed by atoms with Gasteiger partial charge in [-0.25, -0.2) is 0 Å². The van der Waals surface area contributed by atoms with E-state index in [4.69, 9.17) is 0 Å². The second kappa shape index (κ2) is 3.73. The summed E-state index contributed by atoms with van der Waals surface area (Å²) in [5.74, 6) is 0. The molecule has 1 aliphatic rings. The third-order valence-corrected chi connectivity index (χ3v) is 3.29. The largest absolute Gasteiger partial charge is 0.335 e. The molecule has 2 heteroatoms. The van der Waals surface area contributed by atoms with Gasteiger partial charge in [0.1, 0.15) is 0 Å². The predicted octanol–water partition coefficient (Wildman–Crippen LogP) is 2.74. The van der Waals surface area contributed by atoms with Crippen LogP contribution in [0.2, 0.25) is 0 Å². The molecule has 1 fully saturated rings. The average molecular weight is 179 g/mol. The van der Waals surface area contributed by atoms with Crippen LogP contribution in [-0.2, 0) is 0 Å². The lowest BCUT2D eigenvalue weighted by Gasteiger charge is -2.11. The van der Waals surface area contributed by atoms with Crippen molar-refractivity contribution < 1.29 is 0 Å². The van der Waals surface area contributed by atoms with Crippen molar-refractivity contribution in [2.45, 2.75) is 18.6 Å². The monoisotopic (exact) mass is 179 g/mol. The van der Waals surface area contributed by atoms with Crippen molar-refractivity contribution in [2.75, 3.05) is 7.05 Å². The van der Waals surface area contributed by atoms with Crippen LogP contribution in [0.25, 0.3) is 0 Å². The summed E-state index contributed by atoms with van der Waals surface area (Å²) in [5.41, 5.74) is 6.86. The Morgan fingerprint density at radius 2 is 2.33 bits per heavy atom. The molecule has 0 aromatic rings. The molecule has 12 heavy (non-hydrogen) atoms. The summed E-state index contributed by atoms with van der Waals surface area (Å²) >= 11 is 1.79. The number of hydrogen-bond acceptors (Lipinski definition) is 2. The second-order valence-corrected chi connectivity index (χ2v) is 3.93. The fourth-order valence-corrected chi connectivity index (χ4v) is 2.26. The van der Waals surface area contributed by atoms with Crippen LogP contribution in [-0.4, -0.2) is 17.2 Å². The van der Waals surface area contributed by atoms with Crippen LogP contribution in [0.3, 0.4) is 0 Å². The normalized spacial score (nSPS) is 22.5. The van der Waals surface area contributed by atoms with Crippen molar-refractivity contribution in [3.63, 3.8) is 0 Å². The van der Waals surface area contributed by atoms with Gasteiger partial charge in [0.05, 0.1) is 16.0 Å².